The van der Waals surface area contributed by atoms with Crippen LogP contribution >= 0.6 is 0 Å². The fraction of sp³-hybridized carbons (Fsp3) is 0.250. The van der Waals surface area contributed by atoms with Gasteiger partial charge in [-0.15, -0.1) is 0 Å². The first kappa shape index (κ1) is 13.4. The van der Waals surface area contributed by atoms with Crippen LogP contribution in [0.2, 0.25) is 0 Å². The lowest BCUT2D eigenvalue weighted by molar-refractivity contribution is 0.298. The predicted molar refractivity (Wildman–Crippen MR) is 76.2 cm³/mol. The number of nitrogens with one attached hydrogen (secondary N) is 1. The van der Waals surface area contributed by atoms with Crippen LogP contribution in [0.5, 0.6) is 5.75 Å². The molecule has 0 aromatic heterocycles. The molecule has 2 nitrogen and oxygen atoms in total. The number of rotatable bonds is 4. The number of hydrogen-bond donors (Lipinski definition) is 1. The Balaban J connectivity index is 2.21. The van der Waals surface area contributed by atoms with Gasteiger partial charge in [0.1, 0.15) is 18.2 Å². The predicted octanol–water partition coefficient (Wildman–Crippen LogP) is 4.06. The van der Waals surface area contributed by atoms with Crippen molar-refractivity contribution in [3.63, 3.8) is 0 Å². The Morgan fingerprint density at radius 1 is 1.16 bits per heavy atom. The highest BCUT2D eigenvalue weighted by Gasteiger charge is 2.09. The number of hydrogen-bond acceptors (Lipinski definition) is 2. The molecule has 0 saturated heterocycles. The van der Waals surface area contributed by atoms with Crippen molar-refractivity contribution in [3.05, 3.63) is 58.9 Å². The molecule has 19 heavy (non-hydrogen) atoms. The van der Waals surface area contributed by atoms with Crippen molar-refractivity contribution in [2.45, 2.75) is 20.5 Å². The quantitative estimate of drug-likeness (QED) is 0.894. The summed E-state index contributed by atoms with van der Waals surface area (Å²) in [6, 6.07) is 11.0. The summed E-state index contributed by atoms with van der Waals surface area (Å²) in [5, 5.41) is 2.98. The second-order valence-electron chi connectivity index (χ2n) is 4.57. The molecule has 0 atom stereocenters. The van der Waals surface area contributed by atoms with Crippen molar-refractivity contribution in [2.24, 2.45) is 0 Å². The largest absolute Gasteiger partial charge is 0.488 e. The third kappa shape index (κ3) is 3.05. The molecule has 0 spiro atoms. The third-order valence-electron chi connectivity index (χ3n) is 3.10. The second kappa shape index (κ2) is 5.74. The van der Waals surface area contributed by atoms with Gasteiger partial charge in [-0.05, 0) is 43.2 Å². The van der Waals surface area contributed by atoms with Crippen molar-refractivity contribution in [2.75, 3.05) is 12.4 Å². The molecule has 0 aliphatic rings. The monoisotopic (exact) mass is 259 g/mol. The van der Waals surface area contributed by atoms with E-state index < -0.39 is 0 Å². The molecule has 0 heterocycles. The summed E-state index contributed by atoms with van der Waals surface area (Å²) in [5.74, 6) is 0.544. The molecule has 0 aliphatic carbocycles. The van der Waals surface area contributed by atoms with Crippen molar-refractivity contribution >= 4 is 5.69 Å². The van der Waals surface area contributed by atoms with Crippen LogP contribution in [0.4, 0.5) is 10.1 Å². The first-order valence-electron chi connectivity index (χ1n) is 6.27. The molecule has 0 bridgehead atoms. The maximum atomic E-state index is 13.8. The van der Waals surface area contributed by atoms with E-state index in [1.54, 1.807) is 13.1 Å². The number of aryl methyl sites for hydroxylation is 2. The highest BCUT2D eigenvalue weighted by Crippen LogP contribution is 2.24. The van der Waals surface area contributed by atoms with Gasteiger partial charge >= 0.3 is 0 Å². The summed E-state index contributed by atoms with van der Waals surface area (Å²) in [7, 11) is 1.77. The van der Waals surface area contributed by atoms with Crippen molar-refractivity contribution in [3.8, 4) is 5.75 Å². The van der Waals surface area contributed by atoms with E-state index in [-0.39, 0.29) is 12.4 Å². The Bertz CT molecular complexity index is 581. The summed E-state index contributed by atoms with van der Waals surface area (Å²) in [6.45, 7) is 4.21. The first-order chi connectivity index (χ1) is 9.11. The Hall–Kier alpha value is -2.03. The third-order valence-corrected chi connectivity index (χ3v) is 3.10. The van der Waals surface area contributed by atoms with Gasteiger partial charge in [-0.2, -0.15) is 0 Å². The zero-order valence-electron chi connectivity index (χ0n) is 11.5. The molecular weight excluding hydrogens is 241 g/mol. The summed E-state index contributed by atoms with van der Waals surface area (Å²) in [4.78, 5) is 0. The van der Waals surface area contributed by atoms with Crippen LogP contribution in [-0.2, 0) is 6.61 Å². The average molecular weight is 259 g/mol. The van der Waals surface area contributed by atoms with Gasteiger partial charge in [-0.25, -0.2) is 4.39 Å². The summed E-state index contributed by atoms with van der Waals surface area (Å²) in [6.07, 6.45) is 0. The standard InChI is InChI=1S/C16H18FNO/c1-11-7-8-12(2)16(9-11)19-10-13-14(17)5-4-6-15(13)18-3/h4-9,18H,10H2,1-3H3. The lowest BCUT2D eigenvalue weighted by atomic mass is 10.1. The lowest BCUT2D eigenvalue weighted by Gasteiger charge is -2.13. The van der Waals surface area contributed by atoms with E-state index >= 15 is 0 Å². The fourth-order valence-electron chi connectivity index (χ4n) is 1.95. The summed E-state index contributed by atoms with van der Waals surface area (Å²) in [5.41, 5.74) is 3.48. The number of halogens is 1. The molecule has 2 aromatic rings. The summed E-state index contributed by atoms with van der Waals surface area (Å²) < 4.78 is 19.5. The van der Waals surface area contributed by atoms with E-state index in [0.29, 0.717) is 5.56 Å². The molecule has 0 saturated carbocycles. The van der Waals surface area contributed by atoms with Gasteiger partial charge in [0, 0.05) is 18.3 Å². The number of ether oxygens (including phenoxy) is 1. The van der Waals surface area contributed by atoms with Gasteiger partial charge < -0.3 is 10.1 Å². The minimum absolute atomic E-state index is 0.215. The molecule has 0 amide bonds. The summed E-state index contributed by atoms with van der Waals surface area (Å²) >= 11 is 0. The van der Waals surface area contributed by atoms with E-state index in [4.69, 9.17) is 4.74 Å². The van der Waals surface area contributed by atoms with Crippen LogP contribution in [-0.4, -0.2) is 7.05 Å². The highest BCUT2D eigenvalue weighted by molar-refractivity contribution is 5.51. The molecule has 1 N–H and O–H groups in total. The highest BCUT2D eigenvalue weighted by atomic mass is 19.1. The van der Waals surface area contributed by atoms with Gasteiger partial charge in [0.15, 0.2) is 0 Å². The molecule has 0 fully saturated rings. The van der Waals surface area contributed by atoms with Gasteiger partial charge in [-0.3, -0.25) is 0 Å². The van der Waals surface area contributed by atoms with Gasteiger partial charge in [0.2, 0.25) is 0 Å². The fourth-order valence-corrected chi connectivity index (χ4v) is 1.95. The maximum absolute atomic E-state index is 13.8. The van der Waals surface area contributed by atoms with E-state index in [2.05, 4.69) is 5.32 Å². The Kier molecular flexibility index (Phi) is 4.05. The van der Waals surface area contributed by atoms with Crippen molar-refractivity contribution in [1.29, 1.82) is 0 Å². The topological polar surface area (TPSA) is 21.3 Å². The van der Waals surface area contributed by atoms with Crippen LogP contribution < -0.4 is 10.1 Å². The molecular formula is C16H18FNO. The Labute approximate surface area is 113 Å². The van der Waals surface area contributed by atoms with Crippen LogP contribution in [0.1, 0.15) is 16.7 Å². The number of anilines is 1. The maximum Gasteiger partial charge on any atom is 0.131 e. The second-order valence-corrected chi connectivity index (χ2v) is 4.57. The van der Waals surface area contributed by atoms with Crippen LogP contribution in [0.3, 0.4) is 0 Å². The van der Waals surface area contributed by atoms with Crippen LogP contribution in [0.25, 0.3) is 0 Å². The van der Waals surface area contributed by atoms with E-state index in [0.717, 1.165) is 22.6 Å². The zero-order chi connectivity index (χ0) is 13.8. The van der Waals surface area contributed by atoms with Crippen LogP contribution in [0, 0.1) is 19.7 Å². The average Bonchev–Trinajstić information content (AvgIpc) is 2.40. The van der Waals surface area contributed by atoms with E-state index in [9.17, 15) is 4.39 Å². The minimum atomic E-state index is -0.253. The van der Waals surface area contributed by atoms with Gasteiger partial charge in [0.05, 0.1) is 0 Å². The molecule has 100 valence electrons. The smallest absolute Gasteiger partial charge is 0.131 e. The van der Waals surface area contributed by atoms with Crippen molar-refractivity contribution in [1.82, 2.24) is 0 Å². The zero-order valence-corrected chi connectivity index (χ0v) is 11.5. The first-order valence-corrected chi connectivity index (χ1v) is 6.27. The number of benzene rings is 2. The SMILES string of the molecule is CNc1cccc(F)c1COc1cc(C)ccc1C. The van der Waals surface area contributed by atoms with Gasteiger partial charge in [-0.1, -0.05) is 18.2 Å². The molecule has 0 aliphatic heterocycles. The Morgan fingerprint density at radius 3 is 2.68 bits per heavy atom. The lowest BCUT2D eigenvalue weighted by Crippen LogP contribution is -2.04. The molecule has 3 heteroatoms. The molecule has 0 radical (unpaired) electrons. The van der Waals surface area contributed by atoms with Crippen LogP contribution in [0.15, 0.2) is 36.4 Å². The van der Waals surface area contributed by atoms with Gasteiger partial charge in [0.25, 0.3) is 0 Å². The molecule has 2 rings (SSSR count). The van der Waals surface area contributed by atoms with E-state index in [1.807, 2.05) is 38.1 Å². The Morgan fingerprint density at radius 2 is 1.95 bits per heavy atom. The molecule has 2 aromatic carbocycles. The molecule has 0 unspecified atom stereocenters. The minimum Gasteiger partial charge on any atom is -0.488 e. The van der Waals surface area contributed by atoms with E-state index in [1.165, 1.54) is 6.07 Å². The normalized spacial score (nSPS) is 10.3. The van der Waals surface area contributed by atoms with Crippen molar-refractivity contribution < 1.29 is 9.13 Å².